The maximum atomic E-state index is 10.1. The summed E-state index contributed by atoms with van der Waals surface area (Å²) < 4.78 is 0. The van der Waals surface area contributed by atoms with E-state index in [1.54, 1.807) is 0 Å². The van der Waals surface area contributed by atoms with Gasteiger partial charge in [0.1, 0.15) is 11.5 Å². The molecule has 2 heteroatoms. The topological polar surface area (TPSA) is 40.5 Å². The molecule has 0 aromatic heterocycles. The Morgan fingerprint density at radius 1 is 0.852 bits per heavy atom. The number of rotatable bonds is 4. The van der Waals surface area contributed by atoms with Crippen molar-refractivity contribution in [3.05, 3.63) is 58.7 Å². The van der Waals surface area contributed by atoms with Crippen molar-refractivity contribution >= 4 is 0 Å². The van der Waals surface area contributed by atoms with Crippen LogP contribution in [0.1, 0.15) is 67.7 Å². The molecule has 2 aliphatic rings. The van der Waals surface area contributed by atoms with Crippen LogP contribution in [-0.2, 0) is 5.41 Å². The van der Waals surface area contributed by atoms with Crippen molar-refractivity contribution in [3.63, 3.8) is 0 Å². The van der Waals surface area contributed by atoms with Crippen molar-refractivity contribution in [1.82, 2.24) is 0 Å². The molecule has 3 atom stereocenters. The van der Waals surface area contributed by atoms with E-state index in [-0.39, 0.29) is 5.41 Å². The van der Waals surface area contributed by atoms with E-state index in [1.165, 1.54) is 43.2 Å². The van der Waals surface area contributed by atoms with E-state index in [0.717, 1.165) is 29.4 Å². The Morgan fingerprint density at radius 3 is 1.96 bits per heavy atom. The molecular formula is C25H32O2. The molecule has 2 saturated carbocycles. The van der Waals surface area contributed by atoms with Crippen LogP contribution in [0.25, 0.3) is 0 Å². The van der Waals surface area contributed by atoms with Crippen LogP contribution < -0.4 is 0 Å². The minimum atomic E-state index is -0.0549. The maximum Gasteiger partial charge on any atom is 0.118 e. The fourth-order valence-corrected chi connectivity index (χ4v) is 6.30. The van der Waals surface area contributed by atoms with E-state index >= 15 is 0 Å². The van der Waals surface area contributed by atoms with Gasteiger partial charge < -0.3 is 10.2 Å². The van der Waals surface area contributed by atoms with Gasteiger partial charge in [-0.3, -0.25) is 0 Å². The second-order valence-electron chi connectivity index (χ2n) is 8.87. The third kappa shape index (κ3) is 2.85. The summed E-state index contributed by atoms with van der Waals surface area (Å²) in [5, 5.41) is 20.2. The Kier molecular flexibility index (Phi) is 4.70. The van der Waals surface area contributed by atoms with Crippen LogP contribution in [0.5, 0.6) is 11.5 Å². The van der Waals surface area contributed by atoms with E-state index in [0.29, 0.717) is 17.4 Å². The molecule has 144 valence electrons. The lowest BCUT2D eigenvalue weighted by molar-refractivity contribution is 0.228. The van der Waals surface area contributed by atoms with E-state index in [1.807, 2.05) is 26.0 Å². The molecule has 2 aliphatic carbocycles. The SMILES string of the molecule is CCC(c1ccc(O)c(C)c1)(c1ccc(O)c(C)c1)C1CCC2CCCC21. The summed E-state index contributed by atoms with van der Waals surface area (Å²) in [5.74, 6) is 3.06. The molecule has 2 N–H and O–H groups in total. The number of aryl methyl sites for hydroxylation is 2. The number of phenolic OH excluding ortho intramolecular Hbond substituents is 2. The van der Waals surface area contributed by atoms with Gasteiger partial charge in [0, 0.05) is 5.41 Å². The van der Waals surface area contributed by atoms with Gasteiger partial charge in [-0.1, -0.05) is 44.0 Å². The number of fused-ring (bicyclic) bond motifs is 1. The lowest BCUT2D eigenvalue weighted by Crippen LogP contribution is -2.38. The van der Waals surface area contributed by atoms with Crippen molar-refractivity contribution < 1.29 is 10.2 Å². The first-order chi connectivity index (χ1) is 13.0. The minimum absolute atomic E-state index is 0.0549. The van der Waals surface area contributed by atoms with Crippen LogP contribution in [0.4, 0.5) is 0 Å². The van der Waals surface area contributed by atoms with Crippen LogP contribution in [0.3, 0.4) is 0 Å². The van der Waals surface area contributed by atoms with E-state index in [2.05, 4.69) is 31.2 Å². The predicted octanol–water partition coefficient (Wildman–Crippen LogP) is 6.24. The predicted molar refractivity (Wildman–Crippen MR) is 110 cm³/mol. The highest BCUT2D eigenvalue weighted by atomic mass is 16.3. The first-order valence-electron chi connectivity index (χ1n) is 10.6. The normalized spacial score (nSPS) is 24.9. The average Bonchev–Trinajstić information content (AvgIpc) is 3.26. The van der Waals surface area contributed by atoms with Crippen LogP contribution >= 0.6 is 0 Å². The van der Waals surface area contributed by atoms with Gasteiger partial charge >= 0.3 is 0 Å². The van der Waals surface area contributed by atoms with Crippen molar-refractivity contribution in [1.29, 1.82) is 0 Å². The average molecular weight is 365 g/mol. The van der Waals surface area contributed by atoms with Crippen molar-refractivity contribution in [2.24, 2.45) is 17.8 Å². The standard InChI is InChI=1S/C25H32O2/c1-4-25(19-9-12-23(26)16(2)14-19,20-10-13-24(27)17(3)15-20)22-11-8-18-6-5-7-21(18)22/h9-10,12-15,18,21-22,26-27H,4-8,11H2,1-3H3. The summed E-state index contributed by atoms with van der Waals surface area (Å²) in [5.41, 5.74) is 4.48. The molecule has 2 aromatic rings. The summed E-state index contributed by atoms with van der Waals surface area (Å²) in [6, 6.07) is 12.4. The molecule has 4 rings (SSSR count). The summed E-state index contributed by atoms with van der Waals surface area (Å²) in [7, 11) is 0. The molecule has 0 aliphatic heterocycles. The third-order valence-corrected chi connectivity index (χ3v) is 7.70. The van der Waals surface area contributed by atoms with Crippen molar-refractivity contribution in [3.8, 4) is 11.5 Å². The van der Waals surface area contributed by atoms with Gasteiger partial charge in [0.25, 0.3) is 0 Å². The van der Waals surface area contributed by atoms with Gasteiger partial charge in [-0.15, -0.1) is 0 Å². The van der Waals surface area contributed by atoms with Gasteiger partial charge in [-0.25, -0.2) is 0 Å². The molecule has 0 spiro atoms. The highest BCUT2D eigenvalue weighted by Gasteiger charge is 2.50. The Bertz CT molecular complexity index is 787. The summed E-state index contributed by atoms with van der Waals surface area (Å²) >= 11 is 0. The fraction of sp³-hybridized carbons (Fsp3) is 0.520. The molecule has 0 radical (unpaired) electrons. The second-order valence-corrected chi connectivity index (χ2v) is 8.87. The largest absolute Gasteiger partial charge is 0.508 e. The lowest BCUT2D eigenvalue weighted by Gasteiger charge is -2.43. The molecule has 2 aromatic carbocycles. The second kappa shape index (κ2) is 6.89. The first-order valence-corrected chi connectivity index (χ1v) is 10.6. The van der Waals surface area contributed by atoms with E-state index < -0.39 is 0 Å². The molecule has 3 unspecified atom stereocenters. The maximum absolute atomic E-state index is 10.1. The van der Waals surface area contributed by atoms with E-state index in [9.17, 15) is 10.2 Å². The van der Waals surface area contributed by atoms with Crippen molar-refractivity contribution in [2.45, 2.75) is 64.7 Å². The number of hydrogen-bond donors (Lipinski definition) is 2. The molecule has 2 fully saturated rings. The number of phenols is 2. The highest BCUT2D eigenvalue weighted by molar-refractivity contribution is 5.48. The lowest BCUT2D eigenvalue weighted by atomic mass is 9.60. The number of hydrogen-bond acceptors (Lipinski definition) is 2. The zero-order valence-electron chi connectivity index (χ0n) is 16.8. The molecule has 0 saturated heterocycles. The zero-order chi connectivity index (χ0) is 19.2. The smallest absolute Gasteiger partial charge is 0.118 e. The Balaban J connectivity index is 1.92. The highest BCUT2D eigenvalue weighted by Crippen LogP contribution is 2.58. The monoisotopic (exact) mass is 364 g/mol. The molecular weight excluding hydrogens is 332 g/mol. The quantitative estimate of drug-likeness (QED) is 0.674. The van der Waals surface area contributed by atoms with Crippen LogP contribution in [0, 0.1) is 31.6 Å². The van der Waals surface area contributed by atoms with Gasteiger partial charge in [0.05, 0.1) is 0 Å². The van der Waals surface area contributed by atoms with Crippen molar-refractivity contribution in [2.75, 3.05) is 0 Å². The van der Waals surface area contributed by atoms with Gasteiger partial charge in [0.2, 0.25) is 0 Å². The first kappa shape index (κ1) is 18.4. The van der Waals surface area contributed by atoms with Crippen LogP contribution in [0.2, 0.25) is 0 Å². The zero-order valence-corrected chi connectivity index (χ0v) is 16.8. The number of aromatic hydroxyl groups is 2. The third-order valence-electron chi connectivity index (χ3n) is 7.70. The number of benzene rings is 2. The van der Waals surface area contributed by atoms with Crippen LogP contribution in [0.15, 0.2) is 36.4 Å². The Morgan fingerprint density at radius 2 is 1.44 bits per heavy atom. The van der Waals surface area contributed by atoms with Gasteiger partial charge in [-0.2, -0.15) is 0 Å². The minimum Gasteiger partial charge on any atom is -0.508 e. The molecule has 2 nitrogen and oxygen atoms in total. The molecule has 0 bridgehead atoms. The molecule has 0 amide bonds. The summed E-state index contributed by atoms with van der Waals surface area (Å²) in [6.07, 6.45) is 7.79. The van der Waals surface area contributed by atoms with Gasteiger partial charge in [-0.05, 0) is 91.7 Å². The van der Waals surface area contributed by atoms with Crippen LogP contribution in [-0.4, -0.2) is 10.2 Å². The Labute approximate surface area is 163 Å². The summed E-state index contributed by atoms with van der Waals surface area (Å²) in [4.78, 5) is 0. The van der Waals surface area contributed by atoms with E-state index in [4.69, 9.17) is 0 Å². The fourth-order valence-electron chi connectivity index (χ4n) is 6.30. The Hall–Kier alpha value is -1.96. The molecule has 27 heavy (non-hydrogen) atoms. The molecule has 0 heterocycles. The summed E-state index contributed by atoms with van der Waals surface area (Å²) in [6.45, 7) is 6.30. The van der Waals surface area contributed by atoms with Gasteiger partial charge in [0.15, 0.2) is 0 Å².